The molecule has 0 aliphatic heterocycles. The highest BCUT2D eigenvalue weighted by atomic mass is 16.5. The second kappa shape index (κ2) is 7.54. The van der Waals surface area contributed by atoms with Gasteiger partial charge < -0.3 is 10.5 Å². The van der Waals surface area contributed by atoms with Gasteiger partial charge in [0.1, 0.15) is 5.75 Å². The molecule has 0 fully saturated rings. The Labute approximate surface area is 118 Å². The van der Waals surface area contributed by atoms with Crippen LogP contribution in [-0.2, 0) is 6.42 Å². The van der Waals surface area contributed by atoms with Crippen LogP contribution in [0.2, 0.25) is 0 Å². The summed E-state index contributed by atoms with van der Waals surface area (Å²) in [6.45, 7) is 11.5. The van der Waals surface area contributed by atoms with Gasteiger partial charge in [0.2, 0.25) is 0 Å². The quantitative estimate of drug-likeness (QED) is 0.805. The van der Waals surface area contributed by atoms with E-state index in [9.17, 15) is 0 Å². The molecule has 1 aromatic carbocycles. The number of hydrogen-bond donors (Lipinski definition) is 1. The Morgan fingerprint density at radius 1 is 1.16 bits per heavy atom. The largest absolute Gasteiger partial charge is 0.494 e. The fourth-order valence-corrected chi connectivity index (χ4v) is 2.53. The fraction of sp³-hybridized carbons (Fsp3) is 0.647. The van der Waals surface area contributed by atoms with E-state index in [0.717, 1.165) is 31.6 Å². The molecule has 0 radical (unpaired) electrons. The zero-order chi connectivity index (χ0) is 14.4. The molecule has 1 aromatic rings. The zero-order valence-corrected chi connectivity index (χ0v) is 13.2. The SMILES string of the molecule is CCOc1cc(C)c(CCCC(N)CC)c(C)c1C. The minimum Gasteiger partial charge on any atom is -0.494 e. The van der Waals surface area contributed by atoms with E-state index in [-0.39, 0.29) is 0 Å². The summed E-state index contributed by atoms with van der Waals surface area (Å²) >= 11 is 0. The van der Waals surface area contributed by atoms with E-state index in [4.69, 9.17) is 10.5 Å². The van der Waals surface area contributed by atoms with Gasteiger partial charge in [-0.1, -0.05) is 6.92 Å². The lowest BCUT2D eigenvalue weighted by Gasteiger charge is -2.17. The highest BCUT2D eigenvalue weighted by Crippen LogP contribution is 2.28. The molecule has 2 nitrogen and oxygen atoms in total. The van der Waals surface area contributed by atoms with Gasteiger partial charge in [0.05, 0.1) is 6.61 Å². The summed E-state index contributed by atoms with van der Waals surface area (Å²) in [7, 11) is 0. The van der Waals surface area contributed by atoms with Crippen molar-refractivity contribution >= 4 is 0 Å². The Balaban J connectivity index is 2.81. The molecule has 1 unspecified atom stereocenters. The molecule has 1 atom stereocenters. The molecule has 0 saturated heterocycles. The lowest BCUT2D eigenvalue weighted by molar-refractivity contribution is 0.337. The smallest absolute Gasteiger partial charge is 0.122 e. The van der Waals surface area contributed by atoms with Crippen LogP contribution < -0.4 is 10.5 Å². The highest BCUT2D eigenvalue weighted by Gasteiger charge is 2.11. The first-order valence-electron chi connectivity index (χ1n) is 7.49. The van der Waals surface area contributed by atoms with Crippen LogP contribution in [0.15, 0.2) is 6.07 Å². The summed E-state index contributed by atoms with van der Waals surface area (Å²) < 4.78 is 5.69. The van der Waals surface area contributed by atoms with Gasteiger partial charge in [-0.3, -0.25) is 0 Å². The summed E-state index contributed by atoms with van der Waals surface area (Å²) in [5.74, 6) is 1.03. The van der Waals surface area contributed by atoms with E-state index in [1.165, 1.54) is 28.7 Å². The number of nitrogens with two attached hydrogens (primary N) is 1. The third kappa shape index (κ3) is 4.24. The molecule has 19 heavy (non-hydrogen) atoms. The van der Waals surface area contributed by atoms with E-state index in [1.54, 1.807) is 0 Å². The molecule has 0 heterocycles. The predicted molar refractivity (Wildman–Crippen MR) is 83.0 cm³/mol. The summed E-state index contributed by atoms with van der Waals surface area (Å²) in [5.41, 5.74) is 11.5. The van der Waals surface area contributed by atoms with Gasteiger partial charge in [-0.25, -0.2) is 0 Å². The minimum absolute atomic E-state index is 0.351. The molecule has 1 rings (SSSR count). The summed E-state index contributed by atoms with van der Waals surface area (Å²) in [4.78, 5) is 0. The molecule has 0 aliphatic rings. The molecular weight excluding hydrogens is 234 g/mol. The second-order valence-electron chi connectivity index (χ2n) is 5.41. The van der Waals surface area contributed by atoms with Crippen LogP contribution in [0.5, 0.6) is 5.75 Å². The maximum atomic E-state index is 5.99. The Morgan fingerprint density at radius 2 is 1.84 bits per heavy atom. The van der Waals surface area contributed by atoms with Crippen LogP contribution in [-0.4, -0.2) is 12.6 Å². The molecule has 0 saturated carbocycles. The normalized spacial score (nSPS) is 12.5. The second-order valence-corrected chi connectivity index (χ2v) is 5.41. The summed E-state index contributed by atoms with van der Waals surface area (Å²) in [6, 6.07) is 2.53. The van der Waals surface area contributed by atoms with Crippen molar-refractivity contribution in [3.05, 3.63) is 28.3 Å². The number of rotatable bonds is 7. The van der Waals surface area contributed by atoms with Crippen molar-refractivity contribution in [3.63, 3.8) is 0 Å². The van der Waals surface area contributed by atoms with Crippen molar-refractivity contribution in [1.82, 2.24) is 0 Å². The van der Waals surface area contributed by atoms with Crippen molar-refractivity contribution in [1.29, 1.82) is 0 Å². The van der Waals surface area contributed by atoms with E-state index >= 15 is 0 Å². The first-order valence-corrected chi connectivity index (χ1v) is 7.49. The molecule has 108 valence electrons. The van der Waals surface area contributed by atoms with Crippen molar-refractivity contribution in [2.24, 2.45) is 5.73 Å². The van der Waals surface area contributed by atoms with E-state index < -0.39 is 0 Å². The van der Waals surface area contributed by atoms with E-state index in [0.29, 0.717) is 6.04 Å². The van der Waals surface area contributed by atoms with E-state index in [2.05, 4.69) is 33.8 Å². The van der Waals surface area contributed by atoms with Gasteiger partial charge in [0, 0.05) is 6.04 Å². The van der Waals surface area contributed by atoms with E-state index in [1.807, 2.05) is 6.92 Å². The zero-order valence-electron chi connectivity index (χ0n) is 13.2. The van der Waals surface area contributed by atoms with Gasteiger partial charge >= 0.3 is 0 Å². The van der Waals surface area contributed by atoms with Crippen molar-refractivity contribution in [2.45, 2.75) is 66.3 Å². The van der Waals surface area contributed by atoms with Crippen LogP contribution in [0.1, 0.15) is 55.4 Å². The molecule has 0 aliphatic carbocycles. The maximum Gasteiger partial charge on any atom is 0.122 e. The fourth-order valence-electron chi connectivity index (χ4n) is 2.53. The van der Waals surface area contributed by atoms with Gasteiger partial charge in [0.15, 0.2) is 0 Å². The predicted octanol–water partition coefficient (Wildman–Crippen LogP) is 4.07. The Morgan fingerprint density at radius 3 is 2.42 bits per heavy atom. The molecule has 2 heteroatoms. The standard InChI is InChI=1S/C17H29NO/c1-6-15(18)9-8-10-16-12(3)11-17(19-7-2)14(5)13(16)4/h11,15H,6-10,18H2,1-5H3. The first kappa shape index (κ1) is 16.0. The monoisotopic (exact) mass is 263 g/mol. The van der Waals surface area contributed by atoms with Gasteiger partial charge in [0.25, 0.3) is 0 Å². The highest BCUT2D eigenvalue weighted by molar-refractivity contribution is 5.48. The first-order chi connectivity index (χ1) is 9.01. The lowest BCUT2D eigenvalue weighted by Crippen LogP contribution is -2.18. The Bertz CT molecular complexity index is 412. The van der Waals surface area contributed by atoms with Gasteiger partial charge in [-0.05, 0) is 81.7 Å². The number of aryl methyl sites for hydroxylation is 1. The summed E-state index contributed by atoms with van der Waals surface area (Å²) in [5, 5.41) is 0. The van der Waals surface area contributed by atoms with Crippen LogP contribution in [0.3, 0.4) is 0 Å². The van der Waals surface area contributed by atoms with Crippen molar-refractivity contribution < 1.29 is 4.74 Å². The molecule has 0 aromatic heterocycles. The number of hydrogen-bond acceptors (Lipinski definition) is 2. The molecular formula is C17H29NO. The van der Waals surface area contributed by atoms with Crippen LogP contribution in [0.4, 0.5) is 0 Å². The molecule has 0 amide bonds. The molecule has 0 bridgehead atoms. The Kier molecular flexibility index (Phi) is 6.36. The van der Waals surface area contributed by atoms with Crippen molar-refractivity contribution in [2.75, 3.05) is 6.61 Å². The van der Waals surface area contributed by atoms with Crippen molar-refractivity contribution in [3.8, 4) is 5.75 Å². The van der Waals surface area contributed by atoms with Crippen LogP contribution in [0, 0.1) is 20.8 Å². The van der Waals surface area contributed by atoms with Crippen LogP contribution in [0.25, 0.3) is 0 Å². The third-order valence-corrected chi connectivity index (χ3v) is 4.03. The maximum absolute atomic E-state index is 5.99. The lowest BCUT2D eigenvalue weighted by atomic mass is 9.93. The third-order valence-electron chi connectivity index (χ3n) is 4.03. The van der Waals surface area contributed by atoms with Gasteiger partial charge in [-0.2, -0.15) is 0 Å². The van der Waals surface area contributed by atoms with Gasteiger partial charge in [-0.15, -0.1) is 0 Å². The molecule has 0 spiro atoms. The average molecular weight is 263 g/mol. The topological polar surface area (TPSA) is 35.2 Å². The average Bonchev–Trinajstić information content (AvgIpc) is 2.39. The Hall–Kier alpha value is -1.02. The number of benzene rings is 1. The van der Waals surface area contributed by atoms with Crippen LogP contribution >= 0.6 is 0 Å². The summed E-state index contributed by atoms with van der Waals surface area (Å²) in [6.07, 6.45) is 4.48. The minimum atomic E-state index is 0.351. The number of ether oxygens (including phenoxy) is 1. The molecule has 2 N–H and O–H groups in total.